The Morgan fingerprint density at radius 2 is 2.27 bits per heavy atom. The summed E-state index contributed by atoms with van der Waals surface area (Å²) in [5, 5.41) is 12.2. The van der Waals surface area contributed by atoms with Crippen molar-refractivity contribution in [2.45, 2.75) is 6.42 Å². The molecule has 1 saturated heterocycles. The molecular weight excluding hydrogens is 296 g/mol. The molecule has 0 radical (unpaired) electrons. The van der Waals surface area contributed by atoms with Crippen molar-refractivity contribution in [3.05, 3.63) is 41.5 Å². The number of nitrogens with one attached hydrogen (secondary N) is 1. The molecule has 2 aromatic rings. The second-order valence-corrected chi connectivity index (χ2v) is 6.34. The zero-order valence-electron chi connectivity index (χ0n) is 12.0. The van der Waals surface area contributed by atoms with Crippen LogP contribution in [0.2, 0.25) is 0 Å². The number of aromatic nitrogens is 1. The van der Waals surface area contributed by atoms with Gasteiger partial charge in [0.2, 0.25) is 0 Å². The average Bonchev–Trinajstić information content (AvgIpc) is 3.22. The van der Waals surface area contributed by atoms with Gasteiger partial charge in [-0.15, -0.1) is 11.3 Å². The number of nitrogens with zero attached hydrogens (tertiary/aromatic N) is 3. The summed E-state index contributed by atoms with van der Waals surface area (Å²) in [4.78, 5) is 19.1. The number of carbonyl (C=O) groups is 1. The molecule has 0 bridgehead atoms. The molecular formula is C16H16N4OS. The maximum atomic E-state index is 12.2. The van der Waals surface area contributed by atoms with Gasteiger partial charge in [-0.1, -0.05) is 30.3 Å². The predicted molar refractivity (Wildman–Crippen MR) is 85.2 cm³/mol. The van der Waals surface area contributed by atoms with Crippen molar-refractivity contribution in [2.24, 2.45) is 5.92 Å². The number of nitriles is 1. The third-order valence-electron chi connectivity index (χ3n) is 3.74. The standard InChI is InChI=1S/C16H16N4OS/c17-11-20-7-6-12(10-20)8-18-15(21)16-19-9-14(22-16)13-4-2-1-3-5-13/h1-5,9,12H,6-8,10H2,(H,18,21). The molecule has 1 aromatic carbocycles. The quantitative estimate of drug-likeness (QED) is 0.880. The van der Waals surface area contributed by atoms with Crippen molar-refractivity contribution in [1.82, 2.24) is 15.2 Å². The molecule has 1 atom stereocenters. The van der Waals surface area contributed by atoms with Crippen LogP contribution in [0.3, 0.4) is 0 Å². The molecule has 0 spiro atoms. The topological polar surface area (TPSA) is 69.0 Å². The number of hydrogen-bond donors (Lipinski definition) is 1. The monoisotopic (exact) mass is 312 g/mol. The summed E-state index contributed by atoms with van der Waals surface area (Å²) in [6.45, 7) is 2.10. The largest absolute Gasteiger partial charge is 0.350 e. The lowest BCUT2D eigenvalue weighted by atomic mass is 10.1. The third-order valence-corrected chi connectivity index (χ3v) is 4.78. The van der Waals surface area contributed by atoms with Crippen molar-refractivity contribution >= 4 is 17.2 Å². The normalized spacial score (nSPS) is 17.2. The summed E-state index contributed by atoms with van der Waals surface area (Å²) in [5.74, 6) is 0.208. The lowest BCUT2D eigenvalue weighted by Crippen LogP contribution is -2.30. The summed E-state index contributed by atoms with van der Waals surface area (Å²) in [7, 11) is 0. The van der Waals surface area contributed by atoms with Crippen LogP contribution in [0.5, 0.6) is 0 Å². The number of likely N-dealkylation sites (tertiary alicyclic amines) is 1. The third kappa shape index (κ3) is 3.26. The molecule has 1 aromatic heterocycles. The van der Waals surface area contributed by atoms with Gasteiger partial charge < -0.3 is 10.2 Å². The number of benzene rings is 1. The van der Waals surface area contributed by atoms with E-state index in [1.54, 1.807) is 11.1 Å². The minimum atomic E-state index is -0.136. The van der Waals surface area contributed by atoms with Crippen LogP contribution in [0.15, 0.2) is 36.5 Å². The van der Waals surface area contributed by atoms with Gasteiger partial charge in [-0.05, 0) is 17.9 Å². The Balaban J connectivity index is 1.57. The summed E-state index contributed by atoms with van der Waals surface area (Å²) >= 11 is 1.40. The summed E-state index contributed by atoms with van der Waals surface area (Å²) in [5.41, 5.74) is 1.07. The van der Waals surface area contributed by atoms with Gasteiger partial charge in [0.25, 0.3) is 5.91 Å². The Kier molecular flexibility index (Phi) is 4.35. The van der Waals surface area contributed by atoms with Crippen LogP contribution in [-0.4, -0.2) is 35.4 Å². The van der Waals surface area contributed by atoms with Gasteiger partial charge in [-0.25, -0.2) is 4.98 Å². The van der Waals surface area contributed by atoms with E-state index in [0.29, 0.717) is 17.5 Å². The van der Waals surface area contributed by atoms with E-state index in [4.69, 9.17) is 5.26 Å². The SMILES string of the molecule is N#CN1CCC(CNC(=O)c2ncc(-c3ccccc3)s2)C1. The maximum absolute atomic E-state index is 12.2. The molecule has 2 heterocycles. The fourth-order valence-corrected chi connectivity index (χ4v) is 3.36. The van der Waals surface area contributed by atoms with Crippen molar-refractivity contribution in [2.75, 3.05) is 19.6 Å². The number of thiazole rings is 1. The molecule has 0 aliphatic carbocycles. The Labute approximate surface area is 133 Å². The Morgan fingerprint density at radius 1 is 1.45 bits per heavy atom. The first-order valence-electron chi connectivity index (χ1n) is 7.20. The smallest absolute Gasteiger partial charge is 0.280 e. The van der Waals surface area contributed by atoms with Gasteiger partial charge in [0.15, 0.2) is 11.2 Å². The summed E-state index contributed by atoms with van der Waals surface area (Å²) in [6, 6.07) is 9.91. The molecule has 3 rings (SSSR count). The molecule has 1 fully saturated rings. The van der Waals surface area contributed by atoms with Crippen LogP contribution < -0.4 is 5.32 Å². The van der Waals surface area contributed by atoms with Gasteiger partial charge in [0.05, 0.1) is 4.88 Å². The second kappa shape index (κ2) is 6.58. The van der Waals surface area contributed by atoms with Crippen LogP contribution in [0, 0.1) is 17.4 Å². The summed E-state index contributed by atoms with van der Waals surface area (Å²) in [6.07, 6.45) is 4.83. The molecule has 1 unspecified atom stereocenters. The lowest BCUT2D eigenvalue weighted by Gasteiger charge is -2.09. The highest BCUT2D eigenvalue weighted by Gasteiger charge is 2.22. The van der Waals surface area contributed by atoms with E-state index >= 15 is 0 Å². The van der Waals surface area contributed by atoms with Gasteiger partial charge >= 0.3 is 0 Å². The van der Waals surface area contributed by atoms with Gasteiger partial charge in [0, 0.05) is 25.8 Å². The number of amides is 1. The van der Waals surface area contributed by atoms with Crippen LogP contribution >= 0.6 is 11.3 Å². The first kappa shape index (κ1) is 14.5. The Hall–Kier alpha value is -2.39. The van der Waals surface area contributed by atoms with E-state index in [9.17, 15) is 4.79 Å². The van der Waals surface area contributed by atoms with Crippen LogP contribution in [0.1, 0.15) is 16.2 Å². The van der Waals surface area contributed by atoms with E-state index in [1.807, 2.05) is 30.3 Å². The van der Waals surface area contributed by atoms with Crippen LogP contribution in [0.25, 0.3) is 10.4 Å². The number of hydrogen-bond acceptors (Lipinski definition) is 5. The minimum absolute atomic E-state index is 0.136. The Morgan fingerprint density at radius 3 is 3.00 bits per heavy atom. The van der Waals surface area contributed by atoms with Gasteiger partial charge in [-0.3, -0.25) is 4.79 Å². The molecule has 22 heavy (non-hydrogen) atoms. The molecule has 1 aliphatic rings. The number of carbonyl (C=O) groups excluding carboxylic acids is 1. The van der Waals surface area contributed by atoms with Gasteiger partial charge in [-0.2, -0.15) is 5.26 Å². The number of rotatable bonds is 4. The predicted octanol–water partition coefficient (Wildman–Crippen LogP) is 2.34. The fraction of sp³-hybridized carbons (Fsp3) is 0.312. The van der Waals surface area contributed by atoms with Crippen molar-refractivity contribution in [1.29, 1.82) is 5.26 Å². The Bertz CT molecular complexity index is 692. The van der Waals surface area contributed by atoms with Crippen molar-refractivity contribution in [3.8, 4) is 16.6 Å². The molecule has 1 amide bonds. The summed E-state index contributed by atoms with van der Waals surface area (Å²) < 4.78 is 0. The molecule has 0 saturated carbocycles. The van der Waals surface area contributed by atoms with Crippen LogP contribution in [0.4, 0.5) is 0 Å². The fourth-order valence-electron chi connectivity index (χ4n) is 2.52. The van der Waals surface area contributed by atoms with E-state index < -0.39 is 0 Å². The molecule has 1 aliphatic heterocycles. The second-order valence-electron chi connectivity index (χ2n) is 5.31. The zero-order chi connectivity index (χ0) is 15.4. The average molecular weight is 312 g/mol. The highest BCUT2D eigenvalue weighted by molar-refractivity contribution is 7.16. The van der Waals surface area contributed by atoms with E-state index in [2.05, 4.69) is 16.5 Å². The van der Waals surface area contributed by atoms with E-state index in [1.165, 1.54) is 11.3 Å². The zero-order valence-corrected chi connectivity index (χ0v) is 12.8. The lowest BCUT2D eigenvalue weighted by molar-refractivity contribution is 0.0947. The maximum Gasteiger partial charge on any atom is 0.280 e. The minimum Gasteiger partial charge on any atom is -0.350 e. The van der Waals surface area contributed by atoms with E-state index in [-0.39, 0.29) is 5.91 Å². The highest BCUT2D eigenvalue weighted by Crippen LogP contribution is 2.25. The first-order valence-corrected chi connectivity index (χ1v) is 8.02. The van der Waals surface area contributed by atoms with Gasteiger partial charge in [0.1, 0.15) is 0 Å². The molecule has 112 valence electrons. The molecule has 6 heteroatoms. The van der Waals surface area contributed by atoms with Crippen molar-refractivity contribution < 1.29 is 4.79 Å². The molecule has 1 N–H and O–H groups in total. The first-order chi connectivity index (χ1) is 10.8. The van der Waals surface area contributed by atoms with Crippen molar-refractivity contribution in [3.63, 3.8) is 0 Å². The molecule has 5 nitrogen and oxygen atoms in total. The highest BCUT2D eigenvalue weighted by atomic mass is 32.1. The van der Waals surface area contributed by atoms with Crippen LogP contribution in [-0.2, 0) is 0 Å². The van der Waals surface area contributed by atoms with E-state index in [0.717, 1.165) is 30.0 Å².